The summed E-state index contributed by atoms with van der Waals surface area (Å²) in [6.07, 6.45) is 0.908. The highest BCUT2D eigenvalue weighted by molar-refractivity contribution is 7.99. The highest BCUT2D eigenvalue weighted by atomic mass is 32.2. The van der Waals surface area contributed by atoms with Crippen LogP contribution in [-0.2, 0) is 13.6 Å². The number of imidazole rings is 1. The average Bonchev–Trinajstić information content (AvgIpc) is 2.67. The lowest BCUT2D eigenvalue weighted by molar-refractivity contribution is 0.636. The van der Waals surface area contributed by atoms with Crippen LogP contribution in [0.25, 0.3) is 11.2 Å². The van der Waals surface area contributed by atoms with Gasteiger partial charge in [0, 0.05) is 13.6 Å². The molecule has 0 spiro atoms. The van der Waals surface area contributed by atoms with E-state index >= 15 is 0 Å². The van der Waals surface area contributed by atoms with E-state index in [1.165, 1.54) is 4.57 Å². The van der Waals surface area contributed by atoms with E-state index in [9.17, 15) is 9.59 Å². The van der Waals surface area contributed by atoms with Gasteiger partial charge in [-0.1, -0.05) is 25.6 Å². The Morgan fingerprint density at radius 1 is 1.33 bits per heavy atom. The second-order valence-corrected chi connectivity index (χ2v) is 5.20. The third-order valence-electron chi connectivity index (χ3n) is 2.69. The summed E-state index contributed by atoms with van der Waals surface area (Å²) < 4.78 is 3.27. The van der Waals surface area contributed by atoms with Gasteiger partial charge < -0.3 is 4.57 Å². The summed E-state index contributed by atoms with van der Waals surface area (Å²) in [5, 5.41) is 0.793. The number of nitrogens with zero attached hydrogens (tertiary/aromatic N) is 3. The molecule has 7 heteroatoms. The number of hydrogen-bond acceptors (Lipinski definition) is 4. The maximum atomic E-state index is 11.9. The van der Waals surface area contributed by atoms with E-state index in [1.54, 1.807) is 18.8 Å². The molecule has 98 valence electrons. The average molecular weight is 268 g/mol. The van der Waals surface area contributed by atoms with Crippen molar-refractivity contribution >= 4 is 22.9 Å². The predicted molar refractivity (Wildman–Crippen MR) is 72.3 cm³/mol. The molecule has 2 rings (SSSR count). The van der Waals surface area contributed by atoms with Gasteiger partial charge in [-0.3, -0.25) is 14.3 Å². The predicted octanol–water partition coefficient (Wildman–Crippen LogP) is 0.945. The summed E-state index contributed by atoms with van der Waals surface area (Å²) in [6.45, 7) is 4.80. The van der Waals surface area contributed by atoms with Crippen molar-refractivity contribution in [3.63, 3.8) is 0 Å². The van der Waals surface area contributed by atoms with Crippen molar-refractivity contribution in [2.45, 2.75) is 32.0 Å². The van der Waals surface area contributed by atoms with Crippen LogP contribution in [0.2, 0.25) is 0 Å². The van der Waals surface area contributed by atoms with Gasteiger partial charge in [0.25, 0.3) is 5.56 Å². The van der Waals surface area contributed by atoms with Crippen LogP contribution in [0.1, 0.15) is 20.3 Å². The molecule has 0 bridgehead atoms. The van der Waals surface area contributed by atoms with E-state index in [2.05, 4.69) is 9.97 Å². The molecule has 2 aromatic rings. The molecule has 6 nitrogen and oxygen atoms in total. The monoisotopic (exact) mass is 268 g/mol. The highest BCUT2D eigenvalue weighted by Crippen LogP contribution is 2.21. The van der Waals surface area contributed by atoms with E-state index in [4.69, 9.17) is 0 Å². The topological polar surface area (TPSA) is 72.7 Å². The zero-order valence-corrected chi connectivity index (χ0v) is 11.5. The first kappa shape index (κ1) is 12.9. The third-order valence-corrected chi connectivity index (χ3v) is 3.55. The van der Waals surface area contributed by atoms with E-state index in [-0.39, 0.29) is 5.56 Å². The van der Waals surface area contributed by atoms with Crippen molar-refractivity contribution in [1.82, 2.24) is 19.1 Å². The van der Waals surface area contributed by atoms with E-state index < -0.39 is 5.69 Å². The van der Waals surface area contributed by atoms with Gasteiger partial charge in [-0.15, -0.1) is 0 Å². The standard InChI is InChI=1S/C11H16N4O2S/c1-4-6-15-7-8(12-11(15)18-5-2)14(3)10(17)13-9(7)16/h4-6H2,1-3H3,(H,13,16,17). The van der Waals surface area contributed by atoms with Gasteiger partial charge in [0.2, 0.25) is 0 Å². The Morgan fingerprint density at radius 3 is 2.67 bits per heavy atom. The molecule has 0 fully saturated rings. The second kappa shape index (κ2) is 5.01. The second-order valence-electron chi connectivity index (χ2n) is 3.97. The molecule has 0 atom stereocenters. The van der Waals surface area contributed by atoms with Crippen LogP contribution >= 0.6 is 11.8 Å². The van der Waals surface area contributed by atoms with E-state index in [0.717, 1.165) is 23.9 Å². The number of hydrogen-bond donors (Lipinski definition) is 1. The molecule has 0 aliphatic carbocycles. The SMILES string of the molecule is CCCn1c(SCC)nc2c1c(=O)[nH]c(=O)n2C. The fraction of sp³-hybridized carbons (Fsp3) is 0.545. The summed E-state index contributed by atoms with van der Waals surface area (Å²) in [5.41, 5.74) is 0.141. The molecule has 0 radical (unpaired) electrons. The first-order chi connectivity index (χ1) is 8.60. The van der Waals surface area contributed by atoms with Crippen LogP contribution < -0.4 is 11.2 Å². The van der Waals surface area contributed by atoms with Gasteiger partial charge in [0.05, 0.1) is 0 Å². The molecule has 0 amide bonds. The molecule has 0 saturated carbocycles. The minimum Gasteiger partial charge on any atom is -0.313 e. The molecule has 0 saturated heterocycles. The van der Waals surface area contributed by atoms with Crippen molar-refractivity contribution in [3.05, 3.63) is 20.8 Å². The van der Waals surface area contributed by atoms with E-state index in [1.807, 2.05) is 18.4 Å². The summed E-state index contributed by atoms with van der Waals surface area (Å²) in [7, 11) is 1.62. The number of aromatic nitrogens is 4. The Labute approximate surface area is 108 Å². The fourth-order valence-corrected chi connectivity index (χ4v) is 2.63. The molecule has 1 N–H and O–H groups in total. The van der Waals surface area contributed by atoms with Gasteiger partial charge in [-0.05, 0) is 12.2 Å². The summed E-state index contributed by atoms with van der Waals surface area (Å²) in [5.74, 6) is 0.874. The largest absolute Gasteiger partial charge is 0.329 e. The lowest BCUT2D eigenvalue weighted by Gasteiger charge is -2.05. The third kappa shape index (κ3) is 1.98. The van der Waals surface area contributed by atoms with Crippen molar-refractivity contribution in [2.24, 2.45) is 7.05 Å². The Morgan fingerprint density at radius 2 is 2.06 bits per heavy atom. The maximum absolute atomic E-state index is 11.9. The first-order valence-electron chi connectivity index (χ1n) is 5.92. The van der Waals surface area contributed by atoms with Crippen molar-refractivity contribution in [2.75, 3.05) is 5.75 Å². The smallest absolute Gasteiger partial charge is 0.313 e. The molecule has 18 heavy (non-hydrogen) atoms. The molecular weight excluding hydrogens is 252 g/mol. The van der Waals surface area contributed by atoms with Gasteiger partial charge in [0.1, 0.15) is 0 Å². The lowest BCUT2D eigenvalue weighted by Crippen LogP contribution is -2.29. The summed E-state index contributed by atoms with van der Waals surface area (Å²) >= 11 is 1.57. The van der Waals surface area contributed by atoms with Crippen molar-refractivity contribution in [3.8, 4) is 0 Å². The molecule has 0 aromatic carbocycles. The number of nitrogens with one attached hydrogen (secondary N) is 1. The Kier molecular flexibility index (Phi) is 3.60. The van der Waals surface area contributed by atoms with Crippen LogP contribution in [0.4, 0.5) is 0 Å². The highest BCUT2D eigenvalue weighted by Gasteiger charge is 2.16. The normalized spacial score (nSPS) is 11.3. The van der Waals surface area contributed by atoms with Gasteiger partial charge in [0.15, 0.2) is 16.3 Å². The van der Waals surface area contributed by atoms with Crippen LogP contribution in [0.15, 0.2) is 14.7 Å². The lowest BCUT2D eigenvalue weighted by atomic mass is 10.4. The van der Waals surface area contributed by atoms with Gasteiger partial charge in [-0.2, -0.15) is 0 Å². The minimum atomic E-state index is -0.429. The first-order valence-corrected chi connectivity index (χ1v) is 6.91. The molecule has 0 aliphatic rings. The van der Waals surface area contributed by atoms with Crippen LogP contribution in [-0.4, -0.2) is 24.9 Å². The number of fused-ring (bicyclic) bond motifs is 1. The fourth-order valence-electron chi connectivity index (χ4n) is 1.88. The Bertz CT molecular complexity index is 683. The zero-order chi connectivity index (χ0) is 13.3. The number of thioether (sulfide) groups is 1. The molecule has 0 aliphatic heterocycles. The van der Waals surface area contributed by atoms with Gasteiger partial charge in [-0.25, -0.2) is 9.78 Å². The van der Waals surface area contributed by atoms with Crippen LogP contribution in [0.5, 0.6) is 0 Å². The number of aromatic amines is 1. The quantitative estimate of drug-likeness (QED) is 0.838. The Hall–Kier alpha value is -1.50. The molecule has 0 unspecified atom stereocenters. The van der Waals surface area contributed by atoms with Gasteiger partial charge >= 0.3 is 5.69 Å². The van der Waals surface area contributed by atoms with Crippen LogP contribution in [0, 0.1) is 0 Å². The summed E-state index contributed by atoms with van der Waals surface area (Å²) in [4.78, 5) is 30.2. The number of aryl methyl sites for hydroxylation is 2. The number of H-pyrrole nitrogens is 1. The van der Waals surface area contributed by atoms with Crippen molar-refractivity contribution in [1.29, 1.82) is 0 Å². The molecule has 2 heterocycles. The Balaban J connectivity index is 2.84. The summed E-state index contributed by atoms with van der Waals surface area (Å²) in [6, 6.07) is 0. The maximum Gasteiger partial charge on any atom is 0.329 e. The molecule has 2 aromatic heterocycles. The minimum absolute atomic E-state index is 0.364. The number of rotatable bonds is 4. The van der Waals surface area contributed by atoms with Crippen LogP contribution in [0.3, 0.4) is 0 Å². The van der Waals surface area contributed by atoms with E-state index in [0.29, 0.717) is 11.2 Å². The zero-order valence-electron chi connectivity index (χ0n) is 10.7. The molecular formula is C11H16N4O2S. The van der Waals surface area contributed by atoms with Crippen molar-refractivity contribution < 1.29 is 0 Å².